The number of aryl methyl sites for hydroxylation is 2. The molecule has 0 aliphatic carbocycles. The van der Waals surface area contributed by atoms with Crippen LogP contribution in [0.5, 0.6) is 0 Å². The summed E-state index contributed by atoms with van der Waals surface area (Å²) in [5.41, 5.74) is 4.26. The summed E-state index contributed by atoms with van der Waals surface area (Å²) in [5.74, 6) is 0.769. The summed E-state index contributed by atoms with van der Waals surface area (Å²) in [6.45, 7) is 9.16. The number of nitrogens with one attached hydrogen (secondary N) is 1. The Bertz CT molecular complexity index is 526. The van der Waals surface area contributed by atoms with Crippen LogP contribution < -0.4 is 5.32 Å². The van der Waals surface area contributed by atoms with E-state index in [1.807, 2.05) is 26.0 Å². The molecule has 0 amide bonds. The summed E-state index contributed by atoms with van der Waals surface area (Å²) in [5, 5.41) is 3.41. The monoisotopic (exact) mass is 256 g/mol. The first-order valence-electron chi connectivity index (χ1n) is 6.56. The molecule has 4 nitrogen and oxygen atoms in total. The molecule has 2 rings (SSSR count). The predicted molar refractivity (Wildman–Crippen MR) is 76.7 cm³/mol. The van der Waals surface area contributed by atoms with Crippen LogP contribution in [0.3, 0.4) is 0 Å². The van der Waals surface area contributed by atoms with Gasteiger partial charge in [-0.3, -0.25) is 4.98 Å². The highest BCUT2D eigenvalue weighted by Crippen LogP contribution is 2.18. The van der Waals surface area contributed by atoms with Crippen LogP contribution in [0.2, 0.25) is 0 Å². The Morgan fingerprint density at radius 2 is 1.63 bits per heavy atom. The van der Waals surface area contributed by atoms with Crippen molar-refractivity contribution in [1.29, 1.82) is 0 Å². The third-order valence-electron chi connectivity index (χ3n) is 3.05. The minimum absolute atomic E-state index is 0.457. The van der Waals surface area contributed by atoms with Crippen LogP contribution in [0.4, 0.5) is 0 Å². The van der Waals surface area contributed by atoms with Crippen molar-refractivity contribution in [2.24, 2.45) is 0 Å². The zero-order chi connectivity index (χ0) is 13.8. The van der Waals surface area contributed by atoms with Crippen molar-refractivity contribution < 1.29 is 0 Å². The first kappa shape index (κ1) is 13.6. The van der Waals surface area contributed by atoms with Gasteiger partial charge in [0.15, 0.2) is 5.82 Å². The molecule has 0 saturated carbocycles. The number of hydrogen-bond donors (Lipinski definition) is 1. The molecule has 0 unspecified atom stereocenters. The molecule has 2 aromatic rings. The number of pyridine rings is 1. The first-order valence-corrected chi connectivity index (χ1v) is 6.56. The van der Waals surface area contributed by atoms with Gasteiger partial charge in [0.2, 0.25) is 0 Å². The van der Waals surface area contributed by atoms with Crippen molar-refractivity contribution in [3.63, 3.8) is 0 Å². The van der Waals surface area contributed by atoms with Gasteiger partial charge in [0, 0.05) is 47.5 Å². The Balaban J connectivity index is 2.32. The molecule has 0 saturated heterocycles. The van der Waals surface area contributed by atoms with Gasteiger partial charge in [-0.1, -0.05) is 13.8 Å². The van der Waals surface area contributed by atoms with Gasteiger partial charge < -0.3 is 5.32 Å². The summed E-state index contributed by atoms with van der Waals surface area (Å²) in [7, 11) is 0. The van der Waals surface area contributed by atoms with Crippen LogP contribution in [-0.4, -0.2) is 21.0 Å². The molecule has 100 valence electrons. The average Bonchev–Trinajstić information content (AvgIpc) is 2.38. The Labute approximate surface area is 114 Å². The average molecular weight is 256 g/mol. The molecule has 0 aromatic carbocycles. The van der Waals surface area contributed by atoms with Gasteiger partial charge in [0.25, 0.3) is 0 Å². The molecule has 1 N–H and O–H groups in total. The fourth-order valence-corrected chi connectivity index (χ4v) is 1.93. The maximum absolute atomic E-state index is 4.60. The van der Waals surface area contributed by atoms with Crippen LogP contribution in [-0.2, 0) is 6.54 Å². The van der Waals surface area contributed by atoms with Crippen LogP contribution in [0, 0.1) is 13.8 Å². The van der Waals surface area contributed by atoms with Crippen molar-refractivity contribution in [2.45, 2.75) is 40.3 Å². The van der Waals surface area contributed by atoms with Crippen LogP contribution in [0.1, 0.15) is 30.8 Å². The number of aromatic nitrogens is 3. The number of nitrogens with zero attached hydrogens (tertiary/aromatic N) is 3. The van der Waals surface area contributed by atoms with E-state index >= 15 is 0 Å². The minimum Gasteiger partial charge on any atom is -0.310 e. The second-order valence-corrected chi connectivity index (χ2v) is 4.97. The molecule has 2 aromatic heterocycles. The molecule has 0 aliphatic heterocycles. The third kappa shape index (κ3) is 3.35. The molecular weight excluding hydrogens is 236 g/mol. The molecule has 4 heteroatoms. The van der Waals surface area contributed by atoms with Gasteiger partial charge in [-0.15, -0.1) is 0 Å². The van der Waals surface area contributed by atoms with Crippen LogP contribution in [0.15, 0.2) is 24.5 Å². The van der Waals surface area contributed by atoms with E-state index in [1.165, 1.54) is 5.56 Å². The van der Waals surface area contributed by atoms with Crippen molar-refractivity contribution >= 4 is 0 Å². The third-order valence-corrected chi connectivity index (χ3v) is 3.05. The van der Waals surface area contributed by atoms with E-state index in [4.69, 9.17) is 0 Å². The summed E-state index contributed by atoms with van der Waals surface area (Å²) < 4.78 is 0. The lowest BCUT2D eigenvalue weighted by molar-refractivity contribution is 0.583. The summed E-state index contributed by atoms with van der Waals surface area (Å²) in [4.78, 5) is 13.2. The molecular formula is C15H20N4. The lowest BCUT2D eigenvalue weighted by Gasteiger charge is -2.13. The second-order valence-electron chi connectivity index (χ2n) is 4.97. The number of rotatable bonds is 4. The molecule has 0 bridgehead atoms. The smallest absolute Gasteiger partial charge is 0.159 e. The van der Waals surface area contributed by atoms with Gasteiger partial charge in [-0.05, 0) is 26.0 Å². The predicted octanol–water partition coefficient (Wildman–Crippen LogP) is 2.65. The van der Waals surface area contributed by atoms with E-state index in [0.717, 1.165) is 29.3 Å². The lowest BCUT2D eigenvalue weighted by atomic mass is 10.1. The quantitative estimate of drug-likeness (QED) is 0.913. The van der Waals surface area contributed by atoms with Gasteiger partial charge in [-0.25, -0.2) is 9.97 Å². The zero-order valence-corrected chi connectivity index (χ0v) is 11.9. The molecule has 0 aliphatic rings. The standard InChI is InChI=1S/C15H20N4/c1-10(2)17-9-14-11(3)18-15(19-12(14)4)13-5-7-16-8-6-13/h5-8,10,17H,9H2,1-4H3. The highest BCUT2D eigenvalue weighted by atomic mass is 14.9. The highest BCUT2D eigenvalue weighted by Gasteiger charge is 2.10. The summed E-state index contributed by atoms with van der Waals surface area (Å²) >= 11 is 0. The topological polar surface area (TPSA) is 50.7 Å². The first-order chi connectivity index (χ1) is 9.08. The lowest BCUT2D eigenvalue weighted by Crippen LogP contribution is -2.23. The molecule has 0 fully saturated rings. The minimum atomic E-state index is 0.457. The molecule has 2 heterocycles. The molecule has 0 atom stereocenters. The summed E-state index contributed by atoms with van der Waals surface area (Å²) in [6.07, 6.45) is 3.52. The second kappa shape index (κ2) is 5.89. The van der Waals surface area contributed by atoms with E-state index in [1.54, 1.807) is 12.4 Å². The van der Waals surface area contributed by atoms with Crippen LogP contribution >= 0.6 is 0 Å². The Hall–Kier alpha value is -1.81. The van der Waals surface area contributed by atoms with E-state index in [0.29, 0.717) is 6.04 Å². The van der Waals surface area contributed by atoms with Crippen molar-refractivity contribution in [3.05, 3.63) is 41.5 Å². The van der Waals surface area contributed by atoms with Gasteiger partial charge in [0.1, 0.15) is 0 Å². The molecule has 19 heavy (non-hydrogen) atoms. The van der Waals surface area contributed by atoms with Crippen molar-refractivity contribution in [2.75, 3.05) is 0 Å². The van der Waals surface area contributed by atoms with Gasteiger partial charge >= 0.3 is 0 Å². The largest absolute Gasteiger partial charge is 0.310 e. The van der Waals surface area contributed by atoms with Crippen molar-refractivity contribution in [3.8, 4) is 11.4 Å². The van der Waals surface area contributed by atoms with Gasteiger partial charge in [0.05, 0.1) is 0 Å². The zero-order valence-electron chi connectivity index (χ0n) is 11.9. The Morgan fingerprint density at radius 3 is 2.16 bits per heavy atom. The van der Waals surface area contributed by atoms with E-state index in [2.05, 4.69) is 34.1 Å². The Kier molecular flexibility index (Phi) is 4.22. The van der Waals surface area contributed by atoms with Crippen LogP contribution in [0.25, 0.3) is 11.4 Å². The van der Waals surface area contributed by atoms with Gasteiger partial charge in [-0.2, -0.15) is 0 Å². The number of hydrogen-bond acceptors (Lipinski definition) is 4. The fourth-order valence-electron chi connectivity index (χ4n) is 1.93. The summed E-state index contributed by atoms with van der Waals surface area (Å²) in [6, 6.07) is 4.32. The maximum Gasteiger partial charge on any atom is 0.159 e. The molecule has 0 radical (unpaired) electrons. The van der Waals surface area contributed by atoms with E-state index in [9.17, 15) is 0 Å². The van der Waals surface area contributed by atoms with E-state index < -0.39 is 0 Å². The fraction of sp³-hybridized carbons (Fsp3) is 0.400. The Morgan fingerprint density at radius 1 is 1.05 bits per heavy atom. The normalized spacial score (nSPS) is 11.0. The van der Waals surface area contributed by atoms with Crippen molar-refractivity contribution in [1.82, 2.24) is 20.3 Å². The maximum atomic E-state index is 4.60. The SMILES string of the molecule is Cc1nc(-c2ccncc2)nc(C)c1CNC(C)C. The molecule has 0 spiro atoms. The highest BCUT2D eigenvalue weighted by molar-refractivity contribution is 5.54. The van der Waals surface area contributed by atoms with E-state index in [-0.39, 0.29) is 0 Å².